The average molecular weight is 604 g/mol. The minimum atomic E-state index is -0.224. The van der Waals surface area contributed by atoms with Gasteiger partial charge in [0.05, 0.1) is 16.8 Å². The van der Waals surface area contributed by atoms with E-state index in [2.05, 4.69) is 36.6 Å². The Labute approximate surface area is 259 Å². The first-order valence-corrected chi connectivity index (χ1v) is 15.4. The summed E-state index contributed by atoms with van der Waals surface area (Å²) in [7, 11) is 0. The molecule has 6 aromatic rings. The molecule has 8 nitrogen and oxygen atoms in total. The maximum absolute atomic E-state index is 13.5. The lowest BCUT2D eigenvalue weighted by atomic mass is 10.0. The number of nitrogens with zero attached hydrogens (tertiary/aromatic N) is 5. The summed E-state index contributed by atoms with van der Waals surface area (Å²) in [5.74, 6) is 2.66. The molecule has 0 radical (unpaired) electrons. The fourth-order valence-corrected chi connectivity index (χ4v) is 5.64. The number of hydrogen-bond donors (Lipinski definition) is 0. The van der Waals surface area contributed by atoms with E-state index in [1.54, 1.807) is 6.08 Å². The molecule has 0 saturated carbocycles. The second-order valence-corrected chi connectivity index (χ2v) is 11.9. The van der Waals surface area contributed by atoms with Gasteiger partial charge in [0, 0.05) is 22.9 Å². The van der Waals surface area contributed by atoms with Crippen molar-refractivity contribution in [2.45, 2.75) is 27.2 Å². The first-order chi connectivity index (χ1) is 21.4. The highest BCUT2D eigenvalue weighted by Crippen LogP contribution is 2.29. The molecule has 3 heterocycles. The molecule has 0 aliphatic carbocycles. The lowest BCUT2D eigenvalue weighted by molar-refractivity contribution is 0.288. The number of hydrogen-bond acceptors (Lipinski definition) is 7. The molecule has 0 bridgehead atoms. The second-order valence-electron chi connectivity index (χ2n) is 10.9. The van der Waals surface area contributed by atoms with E-state index in [1.807, 2.05) is 90.6 Å². The highest BCUT2D eigenvalue weighted by molar-refractivity contribution is 7.15. The third-order valence-electron chi connectivity index (χ3n) is 7.11. The fraction of sp³-hybridized carbons (Fsp3) is 0.200. The summed E-state index contributed by atoms with van der Waals surface area (Å²) >= 11 is 1.30. The van der Waals surface area contributed by atoms with E-state index in [1.165, 1.54) is 15.9 Å². The molecule has 0 atom stereocenters. The van der Waals surface area contributed by atoms with Crippen molar-refractivity contribution >= 4 is 22.4 Å². The van der Waals surface area contributed by atoms with Gasteiger partial charge in [0.2, 0.25) is 4.96 Å². The van der Waals surface area contributed by atoms with Gasteiger partial charge < -0.3 is 9.47 Å². The number of para-hydroxylation sites is 1. The summed E-state index contributed by atoms with van der Waals surface area (Å²) in [6.45, 7) is 11.2. The molecular weight excluding hydrogens is 570 g/mol. The molecule has 44 heavy (non-hydrogen) atoms. The Bertz CT molecular complexity index is 2020. The van der Waals surface area contributed by atoms with Crippen molar-refractivity contribution in [3.63, 3.8) is 0 Å². The molecule has 3 aromatic carbocycles. The number of rotatable bonds is 11. The lowest BCUT2D eigenvalue weighted by Crippen LogP contribution is -2.23. The Kier molecular flexibility index (Phi) is 8.38. The van der Waals surface area contributed by atoms with Crippen LogP contribution in [0.4, 0.5) is 0 Å². The van der Waals surface area contributed by atoms with Crippen LogP contribution < -0.4 is 19.6 Å². The summed E-state index contributed by atoms with van der Waals surface area (Å²) in [4.78, 5) is 18.7. The summed E-state index contributed by atoms with van der Waals surface area (Å²) in [5.41, 5.74) is 5.06. The molecule has 222 valence electrons. The van der Waals surface area contributed by atoms with Crippen molar-refractivity contribution in [2.75, 3.05) is 13.2 Å². The van der Waals surface area contributed by atoms with Gasteiger partial charge in [-0.3, -0.25) is 4.79 Å². The van der Waals surface area contributed by atoms with Gasteiger partial charge in [0.1, 0.15) is 23.8 Å². The standard InChI is InChI=1S/C35H33N5O3S/c1-5-18-42-29-14-11-25(12-15-29)33-36-35-40(38-33)34(41)31(44-35)21-27-22-39(28-9-7-6-8-10-28)37-32(27)26-13-16-30(24(4)20-26)43-19-17-23(2)3/h5-16,20-23H,1,17-19H2,2-4H3/b31-21+. The fourth-order valence-electron chi connectivity index (χ4n) is 4.75. The first-order valence-electron chi connectivity index (χ1n) is 14.5. The molecule has 0 aliphatic rings. The van der Waals surface area contributed by atoms with Crippen LogP contribution >= 0.6 is 11.3 Å². The third kappa shape index (κ3) is 6.18. The zero-order chi connectivity index (χ0) is 30.6. The zero-order valence-corrected chi connectivity index (χ0v) is 25.8. The van der Waals surface area contributed by atoms with Crippen molar-refractivity contribution in [1.29, 1.82) is 0 Å². The molecule has 0 spiro atoms. The summed E-state index contributed by atoms with van der Waals surface area (Å²) in [6, 6.07) is 23.5. The topological polar surface area (TPSA) is 83.5 Å². The van der Waals surface area contributed by atoms with Gasteiger partial charge in [0.15, 0.2) is 5.82 Å². The number of ether oxygens (including phenoxy) is 2. The molecule has 0 N–H and O–H groups in total. The highest BCUT2D eigenvalue weighted by Gasteiger charge is 2.16. The Balaban J connectivity index is 1.36. The van der Waals surface area contributed by atoms with Crippen molar-refractivity contribution in [3.8, 4) is 39.8 Å². The normalized spacial score (nSPS) is 11.9. The molecule has 0 unspecified atom stereocenters. The van der Waals surface area contributed by atoms with Crippen LogP contribution in [-0.2, 0) is 0 Å². The molecule has 0 saturated heterocycles. The van der Waals surface area contributed by atoms with Gasteiger partial charge in [-0.25, -0.2) is 4.68 Å². The number of fused-ring (bicyclic) bond motifs is 1. The van der Waals surface area contributed by atoms with Crippen LogP contribution in [0.5, 0.6) is 11.5 Å². The Morgan fingerprint density at radius 2 is 1.75 bits per heavy atom. The van der Waals surface area contributed by atoms with Crippen LogP contribution in [0.2, 0.25) is 0 Å². The maximum Gasteiger partial charge on any atom is 0.291 e. The van der Waals surface area contributed by atoms with Gasteiger partial charge in [-0.05, 0) is 85.5 Å². The smallest absolute Gasteiger partial charge is 0.291 e. The number of aromatic nitrogens is 5. The van der Waals surface area contributed by atoms with E-state index < -0.39 is 0 Å². The lowest BCUT2D eigenvalue weighted by Gasteiger charge is -2.11. The largest absolute Gasteiger partial charge is 0.493 e. The van der Waals surface area contributed by atoms with Gasteiger partial charge in [0.25, 0.3) is 5.56 Å². The Hall–Kier alpha value is -5.02. The molecule has 9 heteroatoms. The monoisotopic (exact) mass is 603 g/mol. The third-order valence-corrected chi connectivity index (χ3v) is 8.07. The van der Waals surface area contributed by atoms with Crippen LogP contribution in [0.1, 0.15) is 31.4 Å². The number of benzene rings is 3. The molecular formula is C35H33N5O3S. The van der Waals surface area contributed by atoms with Crippen molar-refractivity contribution in [2.24, 2.45) is 5.92 Å². The van der Waals surface area contributed by atoms with Crippen molar-refractivity contribution in [1.82, 2.24) is 24.4 Å². The van der Waals surface area contributed by atoms with E-state index >= 15 is 0 Å². The number of thiazole rings is 1. The molecule has 0 aliphatic heterocycles. The minimum Gasteiger partial charge on any atom is -0.493 e. The van der Waals surface area contributed by atoms with Crippen LogP contribution in [-0.4, -0.2) is 37.6 Å². The quantitative estimate of drug-likeness (QED) is 0.157. The predicted molar refractivity (Wildman–Crippen MR) is 176 cm³/mol. The summed E-state index contributed by atoms with van der Waals surface area (Å²) in [6.07, 6.45) is 6.51. The van der Waals surface area contributed by atoms with Crippen LogP contribution in [0.25, 0.3) is 39.4 Å². The highest BCUT2D eigenvalue weighted by atomic mass is 32.1. The SMILES string of the molecule is C=CCOc1ccc(-c2nc3s/c(=C/c4cn(-c5ccccc5)nc4-c4ccc(OCCC(C)C)c(C)c4)c(=O)n3n2)cc1. The Morgan fingerprint density at radius 3 is 2.45 bits per heavy atom. The van der Waals surface area contributed by atoms with Crippen LogP contribution in [0.3, 0.4) is 0 Å². The molecule has 0 fully saturated rings. The van der Waals surface area contributed by atoms with E-state index in [0.29, 0.717) is 34.4 Å². The van der Waals surface area contributed by atoms with Gasteiger partial charge in [-0.2, -0.15) is 14.6 Å². The first kappa shape index (κ1) is 29.1. The van der Waals surface area contributed by atoms with Crippen LogP contribution in [0.15, 0.2) is 96.4 Å². The van der Waals surface area contributed by atoms with Gasteiger partial charge >= 0.3 is 0 Å². The van der Waals surface area contributed by atoms with E-state index in [4.69, 9.17) is 14.6 Å². The predicted octanol–water partition coefficient (Wildman–Crippen LogP) is 6.52. The van der Waals surface area contributed by atoms with Crippen molar-refractivity contribution < 1.29 is 9.47 Å². The zero-order valence-electron chi connectivity index (χ0n) is 24.9. The van der Waals surface area contributed by atoms with Crippen LogP contribution in [0, 0.1) is 12.8 Å². The van der Waals surface area contributed by atoms with Crippen molar-refractivity contribution in [3.05, 3.63) is 118 Å². The Morgan fingerprint density at radius 1 is 0.977 bits per heavy atom. The molecule has 3 aromatic heterocycles. The molecule has 6 rings (SSSR count). The maximum atomic E-state index is 13.5. The van der Waals surface area contributed by atoms with E-state index in [0.717, 1.165) is 51.6 Å². The van der Waals surface area contributed by atoms with Gasteiger partial charge in [-0.15, -0.1) is 5.10 Å². The average Bonchev–Trinajstić information content (AvgIpc) is 3.72. The van der Waals surface area contributed by atoms with Gasteiger partial charge in [-0.1, -0.05) is 56.0 Å². The van der Waals surface area contributed by atoms with E-state index in [9.17, 15) is 4.79 Å². The minimum absolute atomic E-state index is 0.224. The summed E-state index contributed by atoms with van der Waals surface area (Å²) < 4.78 is 15.3. The number of aryl methyl sites for hydroxylation is 1. The molecule has 0 amide bonds. The van der Waals surface area contributed by atoms with E-state index in [-0.39, 0.29) is 5.56 Å². The second kappa shape index (κ2) is 12.7. The summed E-state index contributed by atoms with van der Waals surface area (Å²) in [5, 5.41) is 9.47.